The van der Waals surface area contributed by atoms with Crippen LogP contribution in [-0.2, 0) is 11.2 Å². The van der Waals surface area contributed by atoms with Gasteiger partial charge in [0.05, 0.1) is 17.5 Å². The molecule has 0 unspecified atom stereocenters. The molecule has 0 atom stereocenters. The summed E-state index contributed by atoms with van der Waals surface area (Å²) in [4.78, 5) is 17.3. The molecule has 1 aromatic heterocycles. The SMILES string of the molecule is O=C(O)Cc1cc2[nH]c(Br)nc2cc1F. The van der Waals surface area contributed by atoms with Crippen LogP contribution in [0.2, 0.25) is 0 Å². The number of aromatic amines is 1. The van der Waals surface area contributed by atoms with Crippen LogP contribution in [0.15, 0.2) is 16.9 Å². The van der Waals surface area contributed by atoms with Crippen molar-refractivity contribution in [3.63, 3.8) is 0 Å². The third-order valence-corrected chi connectivity index (χ3v) is 2.34. The number of aromatic nitrogens is 2. The van der Waals surface area contributed by atoms with Crippen LogP contribution in [0, 0.1) is 5.82 Å². The summed E-state index contributed by atoms with van der Waals surface area (Å²) in [6, 6.07) is 2.67. The number of hydrogen-bond acceptors (Lipinski definition) is 2. The number of halogens is 2. The van der Waals surface area contributed by atoms with Gasteiger partial charge in [-0.1, -0.05) is 0 Å². The van der Waals surface area contributed by atoms with Gasteiger partial charge in [0.1, 0.15) is 5.82 Å². The van der Waals surface area contributed by atoms with E-state index in [0.717, 1.165) is 0 Å². The van der Waals surface area contributed by atoms with Gasteiger partial charge in [-0.3, -0.25) is 4.79 Å². The summed E-state index contributed by atoms with van der Waals surface area (Å²) in [5, 5.41) is 8.57. The van der Waals surface area contributed by atoms with E-state index in [-0.39, 0.29) is 12.0 Å². The van der Waals surface area contributed by atoms with Gasteiger partial charge in [-0.05, 0) is 22.0 Å². The molecule has 0 fully saturated rings. The van der Waals surface area contributed by atoms with Crippen molar-refractivity contribution in [2.24, 2.45) is 0 Å². The average molecular weight is 273 g/mol. The van der Waals surface area contributed by atoms with Gasteiger partial charge in [0.2, 0.25) is 0 Å². The minimum Gasteiger partial charge on any atom is -0.481 e. The Morgan fingerprint density at radius 3 is 3.00 bits per heavy atom. The van der Waals surface area contributed by atoms with Crippen LogP contribution >= 0.6 is 15.9 Å². The van der Waals surface area contributed by atoms with Gasteiger partial charge in [0, 0.05) is 11.6 Å². The first-order valence-corrected chi connectivity index (χ1v) is 4.91. The lowest BCUT2D eigenvalue weighted by Gasteiger charge is -1.99. The number of hydrogen-bond donors (Lipinski definition) is 2. The fourth-order valence-electron chi connectivity index (χ4n) is 1.34. The molecule has 1 aromatic carbocycles. The van der Waals surface area contributed by atoms with E-state index in [9.17, 15) is 9.18 Å². The number of imidazole rings is 1. The Morgan fingerprint density at radius 1 is 1.60 bits per heavy atom. The molecular formula is C9H6BrFN2O2. The zero-order valence-corrected chi connectivity index (χ0v) is 9.01. The maximum Gasteiger partial charge on any atom is 0.307 e. The molecule has 0 bridgehead atoms. The number of carboxylic acids is 1. The Hall–Kier alpha value is -1.43. The van der Waals surface area contributed by atoms with E-state index < -0.39 is 11.8 Å². The number of benzene rings is 1. The second kappa shape index (κ2) is 3.62. The lowest BCUT2D eigenvalue weighted by molar-refractivity contribution is -0.136. The molecule has 2 rings (SSSR count). The second-order valence-electron chi connectivity index (χ2n) is 3.06. The number of carboxylic acid groups (broad SMARTS) is 1. The van der Waals surface area contributed by atoms with E-state index in [0.29, 0.717) is 15.8 Å². The van der Waals surface area contributed by atoms with E-state index >= 15 is 0 Å². The molecule has 78 valence electrons. The average Bonchev–Trinajstić information content (AvgIpc) is 2.44. The van der Waals surface area contributed by atoms with Crippen molar-refractivity contribution < 1.29 is 14.3 Å². The summed E-state index contributed by atoms with van der Waals surface area (Å²) in [6.45, 7) is 0. The number of H-pyrrole nitrogens is 1. The van der Waals surface area contributed by atoms with Crippen molar-refractivity contribution in [3.8, 4) is 0 Å². The first-order valence-electron chi connectivity index (χ1n) is 4.11. The predicted molar refractivity (Wildman–Crippen MR) is 55.1 cm³/mol. The summed E-state index contributed by atoms with van der Waals surface area (Å²) < 4.78 is 13.8. The van der Waals surface area contributed by atoms with Crippen LogP contribution in [0.1, 0.15) is 5.56 Å². The molecule has 2 aromatic rings. The minimum atomic E-state index is -1.06. The summed E-state index contributed by atoms with van der Waals surface area (Å²) in [7, 11) is 0. The Labute approximate surface area is 92.3 Å². The first-order chi connectivity index (χ1) is 7.06. The highest BCUT2D eigenvalue weighted by Gasteiger charge is 2.10. The van der Waals surface area contributed by atoms with Gasteiger partial charge in [-0.15, -0.1) is 0 Å². The topological polar surface area (TPSA) is 66.0 Å². The fourth-order valence-corrected chi connectivity index (χ4v) is 1.75. The van der Waals surface area contributed by atoms with E-state index in [4.69, 9.17) is 5.11 Å². The quantitative estimate of drug-likeness (QED) is 0.880. The summed E-state index contributed by atoms with van der Waals surface area (Å²) in [5.41, 5.74) is 1.22. The Balaban J connectivity index is 2.55. The number of aliphatic carboxylic acids is 1. The summed E-state index contributed by atoms with van der Waals surface area (Å²) in [6.07, 6.45) is -0.335. The number of carbonyl (C=O) groups is 1. The van der Waals surface area contributed by atoms with Crippen molar-refractivity contribution in [2.75, 3.05) is 0 Å². The molecule has 0 radical (unpaired) electrons. The molecule has 0 saturated heterocycles. The number of rotatable bonds is 2. The lowest BCUT2D eigenvalue weighted by atomic mass is 10.1. The molecule has 0 spiro atoms. The predicted octanol–water partition coefficient (Wildman–Crippen LogP) is 2.09. The Kier molecular flexibility index (Phi) is 2.44. The number of nitrogens with zero attached hydrogens (tertiary/aromatic N) is 1. The largest absolute Gasteiger partial charge is 0.481 e. The number of nitrogens with one attached hydrogen (secondary N) is 1. The number of fused-ring (bicyclic) bond motifs is 1. The zero-order valence-electron chi connectivity index (χ0n) is 7.42. The molecule has 6 heteroatoms. The normalized spacial score (nSPS) is 10.8. The minimum absolute atomic E-state index is 0.145. The van der Waals surface area contributed by atoms with Gasteiger partial charge < -0.3 is 10.1 Å². The summed E-state index contributed by atoms with van der Waals surface area (Å²) in [5.74, 6) is -1.62. The van der Waals surface area contributed by atoms with E-state index in [1.54, 1.807) is 0 Å². The van der Waals surface area contributed by atoms with Gasteiger partial charge >= 0.3 is 5.97 Å². The molecule has 2 N–H and O–H groups in total. The highest BCUT2D eigenvalue weighted by atomic mass is 79.9. The van der Waals surface area contributed by atoms with E-state index in [1.807, 2.05) is 0 Å². The molecule has 15 heavy (non-hydrogen) atoms. The van der Waals surface area contributed by atoms with Crippen LogP contribution in [0.3, 0.4) is 0 Å². The van der Waals surface area contributed by atoms with E-state index in [1.165, 1.54) is 12.1 Å². The molecule has 0 aliphatic rings. The van der Waals surface area contributed by atoms with Crippen molar-refractivity contribution >= 4 is 32.9 Å². The smallest absolute Gasteiger partial charge is 0.307 e. The van der Waals surface area contributed by atoms with Crippen LogP contribution in [0.5, 0.6) is 0 Å². The standard InChI is InChI=1S/C9H6BrFN2O2/c10-9-12-6-1-4(2-8(14)15)5(11)3-7(6)13-9/h1,3H,2H2,(H,12,13)(H,14,15). The van der Waals surface area contributed by atoms with Crippen LogP contribution in [-0.4, -0.2) is 21.0 Å². The molecular weight excluding hydrogens is 267 g/mol. The van der Waals surface area contributed by atoms with Gasteiger partial charge in [0.25, 0.3) is 0 Å². The van der Waals surface area contributed by atoms with Crippen molar-refractivity contribution in [2.45, 2.75) is 6.42 Å². The van der Waals surface area contributed by atoms with E-state index in [2.05, 4.69) is 25.9 Å². The monoisotopic (exact) mass is 272 g/mol. The lowest BCUT2D eigenvalue weighted by Crippen LogP contribution is -2.02. The van der Waals surface area contributed by atoms with Gasteiger partial charge in [-0.25, -0.2) is 9.37 Å². The highest BCUT2D eigenvalue weighted by molar-refractivity contribution is 9.10. The van der Waals surface area contributed by atoms with Crippen molar-refractivity contribution in [1.29, 1.82) is 0 Å². The summed E-state index contributed by atoms with van der Waals surface area (Å²) >= 11 is 3.12. The molecule has 0 amide bonds. The van der Waals surface area contributed by atoms with Crippen molar-refractivity contribution in [1.82, 2.24) is 9.97 Å². The molecule has 1 heterocycles. The Bertz CT molecular complexity index is 538. The van der Waals surface area contributed by atoms with Gasteiger partial charge in [-0.2, -0.15) is 0 Å². The second-order valence-corrected chi connectivity index (χ2v) is 3.81. The Morgan fingerprint density at radius 2 is 2.33 bits per heavy atom. The zero-order chi connectivity index (χ0) is 11.0. The highest BCUT2D eigenvalue weighted by Crippen LogP contribution is 2.19. The third kappa shape index (κ3) is 1.99. The first kappa shape index (κ1) is 10.1. The maximum absolute atomic E-state index is 13.4. The molecule has 4 nitrogen and oxygen atoms in total. The van der Waals surface area contributed by atoms with Crippen LogP contribution in [0.4, 0.5) is 4.39 Å². The molecule has 0 saturated carbocycles. The fraction of sp³-hybridized carbons (Fsp3) is 0.111. The van der Waals surface area contributed by atoms with Gasteiger partial charge in [0.15, 0.2) is 4.73 Å². The third-order valence-electron chi connectivity index (χ3n) is 1.96. The maximum atomic E-state index is 13.4. The molecule has 0 aliphatic heterocycles. The van der Waals surface area contributed by atoms with Crippen molar-refractivity contribution in [3.05, 3.63) is 28.2 Å². The van der Waals surface area contributed by atoms with Crippen LogP contribution < -0.4 is 0 Å². The van der Waals surface area contributed by atoms with Crippen LogP contribution in [0.25, 0.3) is 11.0 Å². The molecule has 0 aliphatic carbocycles.